The van der Waals surface area contributed by atoms with E-state index in [1.165, 1.54) is 16.3 Å². The Hall–Kier alpha value is -2.48. The summed E-state index contributed by atoms with van der Waals surface area (Å²) in [6.45, 7) is 0. The number of hydrogen-bond acceptors (Lipinski definition) is 2. The van der Waals surface area contributed by atoms with Crippen LogP contribution in [0.5, 0.6) is 0 Å². The fourth-order valence-electron chi connectivity index (χ4n) is 2.15. The van der Waals surface area contributed by atoms with Gasteiger partial charge in [-0.2, -0.15) is 0 Å². The zero-order valence-corrected chi connectivity index (χ0v) is 10.9. The molecule has 94 valence electrons. The van der Waals surface area contributed by atoms with Gasteiger partial charge in [0.15, 0.2) is 0 Å². The summed E-state index contributed by atoms with van der Waals surface area (Å²) in [5.41, 5.74) is 5.54. The van der Waals surface area contributed by atoms with Crippen LogP contribution in [-0.4, -0.2) is 12.1 Å². The van der Waals surface area contributed by atoms with E-state index in [1.54, 1.807) is 0 Å². The fraction of sp³-hybridized carbons (Fsp3) is 0.0588. The Morgan fingerprint density at radius 1 is 1.00 bits per heavy atom. The van der Waals surface area contributed by atoms with E-state index in [0.29, 0.717) is 0 Å². The highest BCUT2D eigenvalue weighted by atomic mass is 15.5. The van der Waals surface area contributed by atoms with Crippen molar-refractivity contribution in [1.29, 1.82) is 0 Å². The first kappa shape index (κ1) is 11.6. The standard InChI is InChI=1S/C17H16N2/c1-19-12-11-14(13-18-19)9-10-16-7-4-6-15-5-2-3-8-17(15)16/h2-13,18H,1H3/b10-9+. The van der Waals surface area contributed by atoms with Gasteiger partial charge in [-0.25, -0.2) is 0 Å². The Morgan fingerprint density at radius 2 is 1.84 bits per heavy atom. The van der Waals surface area contributed by atoms with E-state index in [0.717, 1.165) is 5.57 Å². The third-order valence-corrected chi connectivity index (χ3v) is 3.20. The topological polar surface area (TPSA) is 15.3 Å². The van der Waals surface area contributed by atoms with E-state index in [1.807, 2.05) is 24.5 Å². The van der Waals surface area contributed by atoms with E-state index < -0.39 is 0 Å². The van der Waals surface area contributed by atoms with Crippen LogP contribution in [0.15, 0.2) is 72.6 Å². The smallest absolute Gasteiger partial charge is 0.0274 e. The first-order valence-corrected chi connectivity index (χ1v) is 6.36. The third-order valence-electron chi connectivity index (χ3n) is 3.20. The molecule has 0 saturated carbocycles. The lowest BCUT2D eigenvalue weighted by Crippen LogP contribution is -2.26. The molecule has 2 nitrogen and oxygen atoms in total. The lowest BCUT2D eigenvalue weighted by atomic mass is 10.0. The van der Waals surface area contributed by atoms with Crippen LogP contribution in [0.1, 0.15) is 5.56 Å². The number of hydrazine groups is 1. The molecule has 0 saturated heterocycles. The number of hydrogen-bond donors (Lipinski definition) is 1. The molecule has 19 heavy (non-hydrogen) atoms. The minimum absolute atomic E-state index is 1.16. The van der Waals surface area contributed by atoms with Gasteiger partial charge in [-0.15, -0.1) is 0 Å². The fourth-order valence-corrected chi connectivity index (χ4v) is 2.15. The monoisotopic (exact) mass is 248 g/mol. The minimum Gasteiger partial charge on any atom is -0.306 e. The van der Waals surface area contributed by atoms with Gasteiger partial charge in [0.05, 0.1) is 0 Å². The van der Waals surface area contributed by atoms with Gasteiger partial charge in [0.2, 0.25) is 0 Å². The molecule has 1 N–H and O–H groups in total. The number of rotatable bonds is 2. The van der Waals surface area contributed by atoms with Crippen molar-refractivity contribution >= 4 is 16.8 Å². The summed E-state index contributed by atoms with van der Waals surface area (Å²) in [6.07, 6.45) is 10.4. The zero-order chi connectivity index (χ0) is 13.1. The van der Waals surface area contributed by atoms with Crippen LogP contribution in [0.4, 0.5) is 0 Å². The van der Waals surface area contributed by atoms with Crippen molar-refractivity contribution in [1.82, 2.24) is 10.4 Å². The summed E-state index contributed by atoms with van der Waals surface area (Å²) in [7, 11) is 1.97. The normalized spacial score (nSPS) is 14.8. The molecule has 1 aliphatic rings. The zero-order valence-electron chi connectivity index (χ0n) is 10.9. The Bertz CT molecular complexity index is 675. The van der Waals surface area contributed by atoms with Gasteiger partial charge < -0.3 is 5.43 Å². The molecule has 0 radical (unpaired) electrons. The predicted octanol–water partition coefficient (Wildman–Crippen LogP) is 3.70. The Labute approximate surface area is 113 Å². The molecule has 2 heteroatoms. The summed E-state index contributed by atoms with van der Waals surface area (Å²) in [6, 6.07) is 14.8. The first-order chi connectivity index (χ1) is 9.33. The maximum atomic E-state index is 3.14. The molecular formula is C17H16N2. The highest BCUT2D eigenvalue weighted by Crippen LogP contribution is 2.20. The second kappa shape index (κ2) is 5.02. The molecule has 1 aliphatic heterocycles. The second-order valence-corrected chi connectivity index (χ2v) is 4.60. The van der Waals surface area contributed by atoms with E-state index in [4.69, 9.17) is 0 Å². The van der Waals surface area contributed by atoms with E-state index in [9.17, 15) is 0 Å². The lowest BCUT2D eigenvalue weighted by Gasteiger charge is -2.17. The molecule has 0 amide bonds. The summed E-state index contributed by atoms with van der Waals surface area (Å²) >= 11 is 0. The molecule has 0 atom stereocenters. The molecule has 2 aromatic carbocycles. The highest BCUT2D eigenvalue weighted by molar-refractivity contribution is 5.90. The maximum Gasteiger partial charge on any atom is 0.0274 e. The Kier molecular flexibility index (Phi) is 3.07. The van der Waals surface area contributed by atoms with Crippen molar-refractivity contribution < 1.29 is 0 Å². The molecule has 0 bridgehead atoms. The van der Waals surface area contributed by atoms with Crippen LogP contribution in [0.25, 0.3) is 16.8 Å². The van der Waals surface area contributed by atoms with Gasteiger partial charge in [-0.1, -0.05) is 54.6 Å². The first-order valence-electron chi connectivity index (χ1n) is 6.36. The van der Waals surface area contributed by atoms with Crippen molar-refractivity contribution in [3.63, 3.8) is 0 Å². The van der Waals surface area contributed by atoms with E-state index in [-0.39, 0.29) is 0 Å². The SMILES string of the molecule is CN1C=CC(/C=C/c2cccc3ccccc23)=CN1. The van der Waals surface area contributed by atoms with Crippen molar-refractivity contribution in [2.45, 2.75) is 0 Å². The Morgan fingerprint density at radius 3 is 2.68 bits per heavy atom. The summed E-state index contributed by atoms with van der Waals surface area (Å²) < 4.78 is 0. The molecule has 0 fully saturated rings. The number of fused-ring (bicyclic) bond motifs is 1. The van der Waals surface area contributed by atoms with Gasteiger partial charge in [-0.3, -0.25) is 5.01 Å². The molecule has 1 heterocycles. The number of nitrogens with one attached hydrogen (secondary N) is 1. The van der Waals surface area contributed by atoms with Crippen molar-refractivity contribution in [2.75, 3.05) is 7.05 Å². The van der Waals surface area contributed by atoms with Crippen LogP contribution in [-0.2, 0) is 0 Å². The number of nitrogens with zero attached hydrogens (tertiary/aromatic N) is 1. The molecule has 2 aromatic rings. The van der Waals surface area contributed by atoms with E-state index >= 15 is 0 Å². The van der Waals surface area contributed by atoms with Crippen LogP contribution >= 0.6 is 0 Å². The molecular weight excluding hydrogens is 232 g/mol. The highest BCUT2D eigenvalue weighted by Gasteiger charge is 1.98. The van der Waals surface area contributed by atoms with Crippen molar-refractivity contribution in [3.05, 3.63) is 78.2 Å². The molecule has 3 rings (SSSR count). The number of benzene rings is 2. The third kappa shape index (κ3) is 2.52. The van der Waals surface area contributed by atoms with Crippen LogP contribution in [0.3, 0.4) is 0 Å². The van der Waals surface area contributed by atoms with E-state index in [2.05, 4.69) is 66.1 Å². The quantitative estimate of drug-likeness (QED) is 0.871. The van der Waals surface area contributed by atoms with Gasteiger partial charge in [-0.05, 0) is 28.0 Å². The maximum absolute atomic E-state index is 3.14. The number of allylic oxidation sites excluding steroid dienone is 3. The van der Waals surface area contributed by atoms with Crippen LogP contribution in [0.2, 0.25) is 0 Å². The Balaban J connectivity index is 1.92. The predicted molar refractivity (Wildman–Crippen MR) is 81.1 cm³/mol. The largest absolute Gasteiger partial charge is 0.306 e. The van der Waals surface area contributed by atoms with Crippen molar-refractivity contribution in [2.24, 2.45) is 0 Å². The summed E-state index contributed by atoms with van der Waals surface area (Å²) in [5.74, 6) is 0. The molecule has 0 aromatic heterocycles. The summed E-state index contributed by atoms with van der Waals surface area (Å²) in [4.78, 5) is 0. The minimum atomic E-state index is 1.16. The molecule has 0 aliphatic carbocycles. The molecule has 0 spiro atoms. The van der Waals surface area contributed by atoms with Crippen LogP contribution in [0, 0.1) is 0 Å². The lowest BCUT2D eigenvalue weighted by molar-refractivity contribution is 0.381. The van der Waals surface area contributed by atoms with Crippen LogP contribution < -0.4 is 5.43 Å². The van der Waals surface area contributed by atoms with Gasteiger partial charge in [0, 0.05) is 19.4 Å². The van der Waals surface area contributed by atoms with Gasteiger partial charge >= 0.3 is 0 Å². The molecule has 0 unspecified atom stereocenters. The van der Waals surface area contributed by atoms with Crippen molar-refractivity contribution in [3.8, 4) is 0 Å². The summed E-state index contributed by atoms with van der Waals surface area (Å²) in [5, 5.41) is 4.47. The average Bonchev–Trinajstić information content (AvgIpc) is 2.47. The van der Waals surface area contributed by atoms with Gasteiger partial charge in [0.1, 0.15) is 0 Å². The average molecular weight is 248 g/mol. The van der Waals surface area contributed by atoms with Gasteiger partial charge in [0.25, 0.3) is 0 Å². The second-order valence-electron chi connectivity index (χ2n) is 4.60.